The molecule has 1 saturated heterocycles. The maximum atomic E-state index is 13.4. The first-order valence-electron chi connectivity index (χ1n) is 5.45. The van der Waals surface area contributed by atoms with Crippen LogP contribution in [0.5, 0.6) is 0 Å². The Labute approximate surface area is 99.0 Å². The van der Waals surface area contributed by atoms with Crippen LogP contribution < -0.4 is 0 Å². The molecule has 0 atom stereocenters. The lowest BCUT2D eigenvalue weighted by Crippen LogP contribution is -2.33. The predicted molar refractivity (Wildman–Crippen MR) is 60.5 cm³/mol. The highest BCUT2D eigenvalue weighted by Crippen LogP contribution is 2.19. The van der Waals surface area contributed by atoms with Gasteiger partial charge in [-0.3, -0.25) is 4.90 Å². The highest BCUT2D eigenvalue weighted by Gasteiger charge is 2.18. The van der Waals surface area contributed by atoms with Gasteiger partial charge in [0.1, 0.15) is 11.6 Å². The Bertz CT molecular complexity index is 362. The van der Waals surface area contributed by atoms with E-state index in [4.69, 9.17) is 11.6 Å². The Kier molecular flexibility index (Phi) is 3.77. The van der Waals surface area contributed by atoms with Crippen molar-refractivity contribution in [1.29, 1.82) is 0 Å². The first kappa shape index (κ1) is 11.8. The number of rotatable bonds is 2. The highest BCUT2D eigenvalue weighted by molar-refractivity contribution is 6.20. The van der Waals surface area contributed by atoms with E-state index in [2.05, 4.69) is 4.90 Å². The lowest BCUT2D eigenvalue weighted by molar-refractivity contribution is 0.220. The van der Waals surface area contributed by atoms with Crippen molar-refractivity contribution in [1.82, 2.24) is 4.90 Å². The molecule has 1 aliphatic rings. The van der Waals surface area contributed by atoms with Crippen molar-refractivity contribution in [3.05, 3.63) is 35.4 Å². The Morgan fingerprint density at radius 2 is 1.94 bits per heavy atom. The Hall–Kier alpha value is -0.670. The summed E-state index contributed by atoms with van der Waals surface area (Å²) in [5.74, 6) is -0.724. The van der Waals surface area contributed by atoms with Crippen molar-refractivity contribution in [2.75, 3.05) is 13.1 Å². The summed E-state index contributed by atoms with van der Waals surface area (Å²) >= 11 is 5.98. The monoisotopic (exact) mass is 245 g/mol. The van der Waals surface area contributed by atoms with Crippen LogP contribution in [0, 0.1) is 11.6 Å². The maximum absolute atomic E-state index is 13.4. The van der Waals surface area contributed by atoms with Crippen LogP contribution in [0.1, 0.15) is 18.4 Å². The van der Waals surface area contributed by atoms with E-state index in [1.165, 1.54) is 12.1 Å². The van der Waals surface area contributed by atoms with Crippen molar-refractivity contribution < 1.29 is 8.78 Å². The predicted octanol–water partition coefficient (Wildman–Crippen LogP) is 3.17. The van der Waals surface area contributed by atoms with E-state index >= 15 is 0 Å². The van der Waals surface area contributed by atoms with Gasteiger partial charge < -0.3 is 0 Å². The van der Waals surface area contributed by atoms with E-state index in [0.29, 0.717) is 12.1 Å². The number of likely N-dealkylation sites (tertiary alicyclic amines) is 1. The second kappa shape index (κ2) is 5.11. The van der Waals surface area contributed by atoms with Gasteiger partial charge in [-0.15, -0.1) is 11.6 Å². The largest absolute Gasteiger partial charge is 0.299 e. The summed E-state index contributed by atoms with van der Waals surface area (Å²) in [6.07, 6.45) is 1.83. The van der Waals surface area contributed by atoms with E-state index in [1.807, 2.05) is 0 Å². The van der Waals surface area contributed by atoms with Gasteiger partial charge in [0, 0.05) is 17.5 Å². The first-order chi connectivity index (χ1) is 7.65. The van der Waals surface area contributed by atoms with Crippen molar-refractivity contribution in [3.8, 4) is 0 Å². The molecular formula is C12H14ClF2N. The zero-order valence-electron chi connectivity index (χ0n) is 8.93. The highest BCUT2D eigenvalue weighted by atomic mass is 35.5. The molecule has 0 N–H and O–H groups in total. The molecule has 0 radical (unpaired) electrons. The summed E-state index contributed by atoms with van der Waals surface area (Å²) < 4.78 is 26.3. The van der Waals surface area contributed by atoms with Gasteiger partial charge in [0.15, 0.2) is 0 Å². The van der Waals surface area contributed by atoms with Crippen LogP contribution in [-0.2, 0) is 6.54 Å². The molecule has 4 heteroatoms. The molecule has 0 saturated carbocycles. The van der Waals surface area contributed by atoms with Crippen LogP contribution in [0.2, 0.25) is 0 Å². The number of alkyl halides is 1. The molecule has 88 valence electrons. The molecule has 0 spiro atoms. The summed E-state index contributed by atoms with van der Waals surface area (Å²) in [5, 5.41) is 0.230. The minimum atomic E-state index is -0.386. The number of nitrogens with zero attached hydrogens (tertiary/aromatic N) is 1. The zero-order valence-corrected chi connectivity index (χ0v) is 9.68. The van der Waals surface area contributed by atoms with Crippen LogP contribution in [0.15, 0.2) is 18.2 Å². The fourth-order valence-electron chi connectivity index (χ4n) is 1.96. The van der Waals surface area contributed by atoms with Crippen LogP contribution in [0.25, 0.3) is 0 Å². The third-order valence-electron chi connectivity index (χ3n) is 2.92. The lowest BCUT2D eigenvalue weighted by atomic mass is 10.1. The topological polar surface area (TPSA) is 3.24 Å². The molecule has 1 aromatic carbocycles. The molecule has 0 aliphatic carbocycles. The fraction of sp³-hybridized carbons (Fsp3) is 0.500. The van der Waals surface area contributed by atoms with Gasteiger partial charge in [-0.2, -0.15) is 0 Å². The maximum Gasteiger partial charge on any atom is 0.127 e. The Morgan fingerprint density at radius 3 is 2.62 bits per heavy atom. The average molecular weight is 246 g/mol. The van der Waals surface area contributed by atoms with E-state index < -0.39 is 0 Å². The number of hydrogen-bond donors (Lipinski definition) is 0. The van der Waals surface area contributed by atoms with Crippen molar-refractivity contribution in [2.24, 2.45) is 0 Å². The first-order valence-corrected chi connectivity index (χ1v) is 5.89. The summed E-state index contributed by atoms with van der Waals surface area (Å²) in [7, 11) is 0. The summed E-state index contributed by atoms with van der Waals surface area (Å²) in [5.41, 5.74) is 0.424. The van der Waals surface area contributed by atoms with Crippen LogP contribution in [0.3, 0.4) is 0 Å². The molecule has 1 fully saturated rings. The van der Waals surface area contributed by atoms with Gasteiger partial charge in [-0.25, -0.2) is 8.78 Å². The second-order valence-corrected chi connectivity index (χ2v) is 4.80. The molecular weight excluding hydrogens is 232 g/mol. The zero-order chi connectivity index (χ0) is 11.5. The Balaban J connectivity index is 2.00. The molecule has 0 aromatic heterocycles. The van der Waals surface area contributed by atoms with Crippen molar-refractivity contribution >= 4 is 11.6 Å². The second-order valence-electron chi connectivity index (χ2n) is 4.19. The Morgan fingerprint density at radius 1 is 1.25 bits per heavy atom. The van der Waals surface area contributed by atoms with Crippen LogP contribution >= 0.6 is 11.6 Å². The van der Waals surface area contributed by atoms with Gasteiger partial charge in [-0.1, -0.05) is 0 Å². The standard InChI is InChI=1S/C12H14ClF2N/c13-10-3-5-16(6-4-10)8-9-7-11(14)1-2-12(9)15/h1-2,7,10H,3-6,8H2. The summed E-state index contributed by atoms with van der Waals surface area (Å²) in [4.78, 5) is 2.11. The average Bonchev–Trinajstić information content (AvgIpc) is 2.27. The minimum Gasteiger partial charge on any atom is -0.299 e. The van der Waals surface area contributed by atoms with E-state index in [-0.39, 0.29) is 17.0 Å². The normalized spacial score (nSPS) is 18.9. The SMILES string of the molecule is Fc1ccc(F)c(CN2CCC(Cl)CC2)c1. The number of halogens is 3. The van der Waals surface area contributed by atoms with Gasteiger partial charge in [-0.05, 0) is 44.1 Å². The molecule has 1 heterocycles. The summed E-state index contributed by atoms with van der Waals surface area (Å²) in [6, 6.07) is 3.59. The number of hydrogen-bond acceptors (Lipinski definition) is 1. The van der Waals surface area contributed by atoms with Gasteiger partial charge in [0.2, 0.25) is 0 Å². The summed E-state index contributed by atoms with van der Waals surface area (Å²) in [6.45, 7) is 2.17. The quantitative estimate of drug-likeness (QED) is 0.724. The molecule has 16 heavy (non-hydrogen) atoms. The minimum absolute atomic E-state index is 0.230. The third kappa shape index (κ3) is 2.92. The lowest BCUT2D eigenvalue weighted by Gasteiger charge is -2.29. The molecule has 1 aliphatic heterocycles. The number of piperidine rings is 1. The van der Waals surface area contributed by atoms with Crippen molar-refractivity contribution in [2.45, 2.75) is 24.8 Å². The molecule has 1 aromatic rings. The van der Waals surface area contributed by atoms with E-state index in [0.717, 1.165) is 32.0 Å². The van der Waals surface area contributed by atoms with Crippen LogP contribution in [0.4, 0.5) is 8.78 Å². The van der Waals surface area contributed by atoms with E-state index in [1.54, 1.807) is 0 Å². The van der Waals surface area contributed by atoms with E-state index in [9.17, 15) is 8.78 Å². The van der Waals surface area contributed by atoms with Gasteiger partial charge >= 0.3 is 0 Å². The fourth-order valence-corrected chi connectivity index (χ4v) is 2.16. The van der Waals surface area contributed by atoms with Gasteiger partial charge in [0.05, 0.1) is 0 Å². The molecule has 0 unspecified atom stereocenters. The molecule has 0 bridgehead atoms. The van der Waals surface area contributed by atoms with Crippen molar-refractivity contribution in [3.63, 3.8) is 0 Å². The molecule has 2 rings (SSSR count). The third-order valence-corrected chi connectivity index (χ3v) is 3.36. The smallest absolute Gasteiger partial charge is 0.127 e. The molecule has 0 amide bonds. The van der Waals surface area contributed by atoms with Crippen LogP contribution in [-0.4, -0.2) is 23.4 Å². The number of benzene rings is 1. The van der Waals surface area contributed by atoms with Gasteiger partial charge in [0.25, 0.3) is 0 Å². The molecule has 1 nitrogen and oxygen atoms in total.